The van der Waals surface area contributed by atoms with Crippen molar-refractivity contribution in [3.63, 3.8) is 0 Å². The number of hydrogen-bond donors (Lipinski definition) is 1. The van der Waals surface area contributed by atoms with Crippen molar-refractivity contribution in [3.05, 3.63) is 58.6 Å². The predicted molar refractivity (Wildman–Crippen MR) is 114 cm³/mol. The zero-order valence-corrected chi connectivity index (χ0v) is 17.3. The largest absolute Gasteiger partial charge is 0.324 e. The Morgan fingerprint density at radius 3 is 2.68 bits per heavy atom. The minimum Gasteiger partial charge on any atom is -0.324 e. The van der Waals surface area contributed by atoms with E-state index in [1.807, 2.05) is 68.1 Å². The van der Waals surface area contributed by atoms with Crippen molar-refractivity contribution in [2.75, 3.05) is 23.3 Å². The first-order valence-electron chi connectivity index (χ1n) is 9.57. The van der Waals surface area contributed by atoms with Crippen LogP contribution in [-0.4, -0.2) is 29.9 Å². The minimum absolute atomic E-state index is 0.0601. The zero-order chi connectivity index (χ0) is 20.3. The minimum atomic E-state index is -0.134. The summed E-state index contributed by atoms with van der Waals surface area (Å²) < 4.78 is 0. The summed E-state index contributed by atoms with van der Waals surface area (Å²) in [5.41, 5.74) is 3.44. The second kappa shape index (κ2) is 8.65. The maximum Gasteiger partial charge on any atom is 0.324 e. The zero-order valence-electron chi connectivity index (χ0n) is 16.5. The fourth-order valence-corrected chi connectivity index (χ4v) is 3.48. The Bertz CT molecular complexity index is 882. The topological polar surface area (TPSA) is 52.6 Å². The second-order valence-electron chi connectivity index (χ2n) is 7.50. The fourth-order valence-electron chi connectivity index (χ4n) is 3.27. The summed E-state index contributed by atoms with van der Waals surface area (Å²) >= 11 is 6.08. The number of benzene rings is 2. The molecule has 0 atom stereocenters. The van der Waals surface area contributed by atoms with Gasteiger partial charge in [0.15, 0.2) is 0 Å². The van der Waals surface area contributed by atoms with E-state index >= 15 is 0 Å². The van der Waals surface area contributed by atoms with E-state index < -0.39 is 0 Å². The maximum absolute atomic E-state index is 13.2. The van der Waals surface area contributed by atoms with E-state index in [9.17, 15) is 9.59 Å². The summed E-state index contributed by atoms with van der Waals surface area (Å²) in [6.45, 7) is 7.50. The number of anilines is 2. The normalized spacial score (nSPS) is 14.5. The third-order valence-corrected chi connectivity index (χ3v) is 5.03. The summed E-state index contributed by atoms with van der Waals surface area (Å²) in [4.78, 5) is 29.0. The number of rotatable bonds is 5. The van der Waals surface area contributed by atoms with Gasteiger partial charge in [-0.3, -0.25) is 9.69 Å². The average molecular weight is 400 g/mol. The predicted octanol–water partition coefficient (Wildman–Crippen LogP) is 5.08. The molecule has 1 N–H and O–H groups in total. The van der Waals surface area contributed by atoms with E-state index in [0.717, 1.165) is 23.2 Å². The van der Waals surface area contributed by atoms with Crippen molar-refractivity contribution in [2.45, 2.75) is 33.7 Å². The van der Waals surface area contributed by atoms with Crippen LogP contribution in [0.1, 0.15) is 31.4 Å². The molecule has 3 rings (SSSR count). The lowest BCUT2D eigenvalue weighted by Gasteiger charge is -2.36. The van der Waals surface area contributed by atoms with Gasteiger partial charge in [0.2, 0.25) is 5.91 Å². The lowest BCUT2D eigenvalue weighted by Crippen LogP contribution is -2.49. The summed E-state index contributed by atoms with van der Waals surface area (Å²) in [5, 5.41) is 3.63. The Balaban J connectivity index is 1.84. The van der Waals surface area contributed by atoms with Gasteiger partial charge in [-0.25, -0.2) is 4.79 Å². The molecule has 1 saturated heterocycles. The molecule has 1 aliphatic rings. The first kappa shape index (κ1) is 20.2. The third-order valence-electron chi connectivity index (χ3n) is 4.80. The Morgan fingerprint density at radius 1 is 1.18 bits per heavy atom. The van der Waals surface area contributed by atoms with E-state index in [1.165, 1.54) is 0 Å². The molecule has 1 fully saturated rings. The molecular weight excluding hydrogens is 374 g/mol. The number of hydrogen-bond acceptors (Lipinski definition) is 2. The highest BCUT2D eigenvalue weighted by atomic mass is 35.5. The molecule has 1 heterocycles. The number of nitrogens with one attached hydrogen (secondary N) is 1. The Morgan fingerprint density at radius 2 is 1.96 bits per heavy atom. The molecule has 0 radical (unpaired) electrons. The number of urea groups is 1. The molecule has 2 aromatic rings. The van der Waals surface area contributed by atoms with E-state index in [-0.39, 0.29) is 17.9 Å². The number of carbonyl (C=O) groups is 2. The van der Waals surface area contributed by atoms with Crippen LogP contribution in [0.15, 0.2) is 42.5 Å². The van der Waals surface area contributed by atoms with Crippen molar-refractivity contribution in [1.29, 1.82) is 0 Å². The van der Waals surface area contributed by atoms with Crippen molar-refractivity contribution >= 4 is 34.9 Å². The molecule has 28 heavy (non-hydrogen) atoms. The molecule has 1 aliphatic heterocycles. The van der Waals surface area contributed by atoms with E-state index in [1.54, 1.807) is 4.90 Å². The van der Waals surface area contributed by atoms with Gasteiger partial charge in [-0.1, -0.05) is 43.6 Å². The Kier molecular flexibility index (Phi) is 6.25. The number of nitrogens with zero attached hydrogens (tertiary/aromatic N) is 2. The second-order valence-corrected chi connectivity index (χ2v) is 7.94. The molecule has 0 unspecified atom stereocenters. The van der Waals surface area contributed by atoms with Gasteiger partial charge in [-0.05, 0) is 48.7 Å². The highest BCUT2D eigenvalue weighted by molar-refractivity contribution is 6.30. The van der Waals surface area contributed by atoms with Crippen LogP contribution < -0.4 is 10.2 Å². The molecular formula is C22H26ClN3O2. The molecule has 0 spiro atoms. The number of amides is 3. The molecule has 6 heteroatoms. The van der Waals surface area contributed by atoms with Crippen molar-refractivity contribution in [2.24, 2.45) is 5.92 Å². The van der Waals surface area contributed by atoms with Gasteiger partial charge in [0.1, 0.15) is 0 Å². The van der Waals surface area contributed by atoms with E-state index in [0.29, 0.717) is 30.3 Å². The lowest BCUT2D eigenvalue weighted by molar-refractivity contribution is -0.118. The molecule has 148 valence electrons. The number of aryl methyl sites for hydroxylation is 1. The Labute approximate surface area is 171 Å². The van der Waals surface area contributed by atoms with Crippen LogP contribution in [-0.2, 0) is 11.3 Å². The highest BCUT2D eigenvalue weighted by Gasteiger charge is 2.28. The monoisotopic (exact) mass is 399 g/mol. The standard InChI is InChI=1S/C22H26ClN3O2/c1-15(2)21(27)24-19-12-16(3)8-9-20(19)26-11-5-10-25(22(26)28)14-17-6-4-7-18(23)13-17/h4,6-9,12-13,15H,5,10-11,14H2,1-3H3,(H,24,27). The summed E-state index contributed by atoms with van der Waals surface area (Å²) in [6.07, 6.45) is 0.859. The van der Waals surface area contributed by atoms with Gasteiger partial charge in [-0.2, -0.15) is 0 Å². The Hall–Kier alpha value is -2.53. The van der Waals surface area contributed by atoms with Crippen LogP contribution >= 0.6 is 11.6 Å². The number of halogens is 1. The molecule has 0 bridgehead atoms. The van der Waals surface area contributed by atoms with Crippen molar-refractivity contribution < 1.29 is 9.59 Å². The summed E-state index contributed by atoms with van der Waals surface area (Å²) in [7, 11) is 0. The fraction of sp³-hybridized carbons (Fsp3) is 0.364. The van der Waals surface area contributed by atoms with Crippen LogP contribution in [0, 0.1) is 12.8 Å². The van der Waals surface area contributed by atoms with Gasteiger partial charge < -0.3 is 10.2 Å². The van der Waals surface area contributed by atoms with E-state index in [2.05, 4.69) is 5.32 Å². The van der Waals surface area contributed by atoms with Crippen LogP contribution in [0.5, 0.6) is 0 Å². The lowest BCUT2D eigenvalue weighted by atomic mass is 10.1. The molecule has 0 aromatic heterocycles. The van der Waals surface area contributed by atoms with Crippen LogP contribution in [0.2, 0.25) is 5.02 Å². The molecule has 0 saturated carbocycles. The highest BCUT2D eigenvalue weighted by Crippen LogP contribution is 2.31. The quantitative estimate of drug-likeness (QED) is 0.762. The van der Waals surface area contributed by atoms with Gasteiger partial charge in [-0.15, -0.1) is 0 Å². The van der Waals surface area contributed by atoms with E-state index in [4.69, 9.17) is 11.6 Å². The third kappa shape index (κ3) is 4.65. The maximum atomic E-state index is 13.2. The van der Waals surface area contributed by atoms with Crippen LogP contribution in [0.4, 0.5) is 16.2 Å². The van der Waals surface area contributed by atoms with Gasteiger partial charge >= 0.3 is 6.03 Å². The summed E-state index contributed by atoms with van der Waals surface area (Å²) in [5.74, 6) is -0.197. The average Bonchev–Trinajstić information content (AvgIpc) is 2.64. The van der Waals surface area contributed by atoms with Crippen LogP contribution in [0.3, 0.4) is 0 Å². The molecule has 0 aliphatic carbocycles. The SMILES string of the molecule is Cc1ccc(N2CCCN(Cc3cccc(Cl)c3)C2=O)c(NC(=O)C(C)C)c1. The number of carbonyl (C=O) groups excluding carboxylic acids is 2. The van der Waals surface area contributed by atoms with Crippen LogP contribution in [0.25, 0.3) is 0 Å². The first-order chi connectivity index (χ1) is 13.3. The van der Waals surface area contributed by atoms with Gasteiger partial charge in [0, 0.05) is 30.6 Å². The van der Waals surface area contributed by atoms with Gasteiger partial charge in [0.05, 0.1) is 11.4 Å². The van der Waals surface area contributed by atoms with Crippen molar-refractivity contribution in [1.82, 2.24) is 4.90 Å². The molecule has 3 amide bonds. The first-order valence-corrected chi connectivity index (χ1v) is 9.95. The summed E-state index contributed by atoms with van der Waals surface area (Å²) in [6, 6.07) is 13.3. The van der Waals surface area contributed by atoms with Gasteiger partial charge in [0.25, 0.3) is 0 Å². The smallest absolute Gasteiger partial charge is 0.324 e. The molecule has 5 nitrogen and oxygen atoms in total. The molecule has 2 aromatic carbocycles. The van der Waals surface area contributed by atoms with Crippen molar-refractivity contribution in [3.8, 4) is 0 Å².